The molecule has 0 saturated carbocycles. The quantitative estimate of drug-likeness (QED) is 0.669. The van der Waals surface area contributed by atoms with Crippen molar-refractivity contribution in [3.05, 3.63) is 57.8 Å². The van der Waals surface area contributed by atoms with Crippen LogP contribution in [-0.4, -0.2) is 17.0 Å². The van der Waals surface area contributed by atoms with E-state index in [1.807, 2.05) is 19.1 Å². The number of rotatable bonds is 5. The van der Waals surface area contributed by atoms with E-state index in [4.69, 9.17) is 4.74 Å². The number of benzene rings is 1. The number of hydrogen-bond donors (Lipinski definition) is 1. The molecule has 0 bridgehead atoms. The number of nitrogens with one attached hydrogen (secondary N) is 1. The lowest BCUT2D eigenvalue weighted by Gasteiger charge is -2.09. The molecule has 6 heteroatoms. The van der Waals surface area contributed by atoms with Gasteiger partial charge in [0.2, 0.25) is 5.88 Å². The third-order valence-corrected chi connectivity index (χ3v) is 2.88. The number of anilines is 1. The minimum absolute atomic E-state index is 0.0664. The van der Waals surface area contributed by atoms with Crippen molar-refractivity contribution in [2.75, 3.05) is 12.4 Å². The molecule has 0 amide bonds. The van der Waals surface area contributed by atoms with Gasteiger partial charge in [-0.3, -0.25) is 10.1 Å². The predicted octanol–water partition coefficient (Wildman–Crippen LogP) is 2.92. The van der Waals surface area contributed by atoms with E-state index in [-0.39, 0.29) is 5.69 Å². The predicted molar refractivity (Wildman–Crippen MR) is 75.9 cm³/mol. The summed E-state index contributed by atoms with van der Waals surface area (Å²) in [6.45, 7) is 2.37. The van der Waals surface area contributed by atoms with Crippen LogP contribution < -0.4 is 10.1 Å². The summed E-state index contributed by atoms with van der Waals surface area (Å²) in [5.41, 5.74) is 2.54. The van der Waals surface area contributed by atoms with Crippen molar-refractivity contribution >= 4 is 11.4 Å². The lowest BCUT2D eigenvalue weighted by Crippen LogP contribution is -2.04. The second-order valence-corrected chi connectivity index (χ2v) is 4.28. The zero-order valence-corrected chi connectivity index (χ0v) is 11.3. The molecule has 104 valence electrons. The number of aryl methyl sites for hydroxylation is 1. The third kappa shape index (κ3) is 3.23. The van der Waals surface area contributed by atoms with E-state index in [2.05, 4.69) is 10.3 Å². The average Bonchev–Trinajstić information content (AvgIpc) is 2.46. The van der Waals surface area contributed by atoms with Gasteiger partial charge in [0.05, 0.1) is 24.3 Å². The van der Waals surface area contributed by atoms with E-state index < -0.39 is 4.92 Å². The first-order valence-electron chi connectivity index (χ1n) is 6.09. The maximum atomic E-state index is 10.8. The Kier molecular flexibility index (Phi) is 4.14. The van der Waals surface area contributed by atoms with E-state index in [0.717, 1.165) is 16.9 Å². The number of methoxy groups -OCH3 is 1. The van der Waals surface area contributed by atoms with Crippen LogP contribution in [0.4, 0.5) is 11.4 Å². The van der Waals surface area contributed by atoms with Crippen LogP contribution >= 0.6 is 0 Å². The summed E-state index contributed by atoms with van der Waals surface area (Å²) in [6, 6.07) is 10.2. The number of nitrogens with zero attached hydrogens (tertiary/aromatic N) is 2. The van der Waals surface area contributed by atoms with Crippen molar-refractivity contribution in [3.8, 4) is 5.88 Å². The van der Waals surface area contributed by atoms with Crippen molar-refractivity contribution in [2.24, 2.45) is 0 Å². The second kappa shape index (κ2) is 6.01. The van der Waals surface area contributed by atoms with Crippen LogP contribution in [0.3, 0.4) is 0 Å². The molecule has 2 aromatic rings. The summed E-state index contributed by atoms with van der Waals surface area (Å²) in [7, 11) is 1.56. The van der Waals surface area contributed by atoms with Crippen LogP contribution in [0.5, 0.6) is 5.88 Å². The van der Waals surface area contributed by atoms with Crippen LogP contribution in [0.25, 0.3) is 0 Å². The van der Waals surface area contributed by atoms with E-state index in [1.54, 1.807) is 19.2 Å². The molecule has 0 aliphatic rings. The summed E-state index contributed by atoms with van der Waals surface area (Å²) in [4.78, 5) is 14.6. The first-order valence-corrected chi connectivity index (χ1v) is 6.09. The third-order valence-electron chi connectivity index (χ3n) is 2.88. The Balaban J connectivity index is 2.13. The van der Waals surface area contributed by atoms with Gasteiger partial charge in [-0.05, 0) is 18.6 Å². The van der Waals surface area contributed by atoms with Crippen LogP contribution in [0.2, 0.25) is 0 Å². The zero-order valence-electron chi connectivity index (χ0n) is 11.3. The van der Waals surface area contributed by atoms with Gasteiger partial charge in [0.15, 0.2) is 0 Å². The van der Waals surface area contributed by atoms with Gasteiger partial charge in [-0.2, -0.15) is 0 Å². The summed E-state index contributed by atoms with van der Waals surface area (Å²) in [6.07, 6.45) is 0. The average molecular weight is 273 g/mol. The smallest absolute Gasteiger partial charge is 0.271 e. The molecular weight excluding hydrogens is 258 g/mol. The number of non-ortho nitro benzene ring substituents is 1. The van der Waals surface area contributed by atoms with E-state index in [9.17, 15) is 10.1 Å². The maximum absolute atomic E-state index is 10.8. The number of ether oxygens (including phenoxy) is 1. The Bertz CT molecular complexity index is 629. The molecule has 0 atom stereocenters. The SMILES string of the molecule is COc1cccc(CNc2cc([N+](=O)[O-])ccc2C)n1. The van der Waals surface area contributed by atoms with Gasteiger partial charge < -0.3 is 10.1 Å². The number of nitro groups is 1. The molecule has 0 aliphatic carbocycles. The molecule has 1 aromatic carbocycles. The van der Waals surface area contributed by atoms with Crippen molar-refractivity contribution in [2.45, 2.75) is 13.5 Å². The normalized spacial score (nSPS) is 10.1. The van der Waals surface area contributed by atoms with E-state index >= 15 is 0 Å². The molecule has 0 spiro atoms. The van der Waals surface area contributed by atoms with Gasteiger partial charge in [-0.1, -0.05) is 12.1 Å². The fourth-order valence-corrected chi connectivity index (χ4v) is 1.77. The molecule has 2 rings (SSSR count). The fourth-order valence-electron chi connectivity index (χ4n) is 1.77. The fraction of sp³-hybridized carbons (Fsp3) is 0.214. The van der Waals surface area contributed by atoms with Crippen molar-refractivity contribution in [1.82, 2.24) is 4.98 Å². The Morgan fingerprint density at radius 2 is 2.15 bits per heavy atom. The zero-order chi connectivity index (χ0) is 14.5. The first kappa shape index (κ1) is 13.8. The maximum Gasteiger partial charge on any atom is 0.271 e. The van der Waals surface area contributed by atoms with E-state index in [1.165, 1.54) is 12.1 Å². The minimum atomic E-state index is -0.408. The van der Waals surface area contributed by atoms with Crippen LogP contribution in [0, 0.1) is 17.0 Å². The van der Waals surface area contributed by atoms with Gasteiger partial charge in [0.1, 0.15) is 0 Å². The highest BCUT2D eigenvalue weighted by Crippen LogP contribution is 2.22. The lowest BCUT2D eigenvalue weighted by atomic mass is 10.2. The van der Waals surface area contributed by atoms with Crippen LogP contribution in [0.15, 0.2) is 36.4 Å². The lowest BCUT2D eigenvalue weighted by molar-refractivity contribution is -0.384. The number of hydrogen-bond acceptors (Lipinski definition) is 5. The molecular formula is C14H15N3O3. The molecule has 6 nitrogen and oxygen atoms in total. The Labute approximate surface area is 116 Å². The van der Waals surface area contributed by atoms with Crippen LogP contribution in [-0.2, 0) is 6.54 Å². The standard InChI is InChI=1S/C14H15N3O3/c1-10-6-7-12(17(18)19)8-13(10)15-9-11-4-3-5-14(16-11)20-2/h3-8,15H,9H2,1-2H3. The largest absolute Gasteiger partial charge is 0.481 e. The van der Waals surface area contributed by atoms with Gasteiger partial charge in [0.25, 0.3) is 5.69 Å². The highest BCUT2D eigenvalue weighted by molar-refractivity contribution is 5.56. The molecule has 20 heavy (non-hydrogen) atoms. The molecule has 0 saturated heterocycles. The molecule has 1 N–H and O–H groups in total. The molecule has 1 heterocycles. The summed E-state index contributed by atoms with van der Waals surface area (Å²) >= 11 is 0. The van der Waals surface area contributed by atoms with Gasteiger partial charge in [-0.25, -0.2) is 4.98 Å². The first-order chi connectivity index (χ1) is 9.60. The monoisotopic (exact) mass is 273 g/mol. The Hall–Kier alpha value is -2.63. The van der Waals surface area contributed by atoms with Gasteiger partial charge in [0, 0.05) is 23.9 Å². The van der Waals surface area contributed by atoms with Crippen molar-refractivity contribution in [3.63, 3.8) is 0 Å². The summed E-state index contributed by atoms with van der Waals surface area (Å²) < 4.78 is 5.05. The Morgan fingerprint density at radius 3 is 2.85 bits per heavy atom. The highest BCUT2D eigenvalue weighted by atomic mass is 16.6. The number of pyridine rings is 1. The van der Waals surface area contributed by atoms with Gasteiger partial charge >= 0.3 is 0 Å². The molecule has 1 aromatic heterocycles. The topological polar surface area (TPSA) is 77.3 Å². The van der Waals surface area contributed by atoms with E-state index in [0.29, 0.717) is 12.4 Å². The molecule has 0 fully saturated rings. The Morgan fingerprint density at radius 1 is 1.35 bits per heavy atom. The van der Waals surface area contributed by atoms with Crippen LogP contribution in [0.1, 0.15) is 11.3 Å². The summed E-state index contributed by atoms with van der Waals surface area (Å²) in [5, 5.41) is 13.9. The highest BCUT2D eigenvalue weighted by Gasteiger charge is 2.08. The molecule has 0 aliphatic heterocycles. The number of aromatic nitrogens is 1. The van der Waals surface area contributed by atoms with Gasteiger partial charge in [-0.15, -0.1) is 0 Å². The summed E-state index contributed by atoms with van der Waals surface area (Å²) in [5.74, 6) is 0.542. The minimum Gasteiger partial charge on any atom is -0.481 e. The molecule has 0 unspecified atom stereocenters. The molecule has 0 radical (unpaired) electrons. The number of nitro benzene ring substituents is 1. The van der Waals surface area contributed by atoms with Crippen molar-refractivity contribution in [1.29, 1.82) is 0 Å². The second-order valence-electron chi connectivity index (χ2n) is 4.28. The van der Waals surface area contributed by atoms with Crippen molar-refractivity contribution < 1.29 is 9.66 Å².